The second-order valence-electron chi connectivity index (χ2n) is 5.63. The Bertz CT molecular complexity index is 877. The average molecular weight is 339 g/mol. The Balaban J connectivity index is 1.98. The fraction of sp³-hybridized carbons (Fsp3) is 0.158. The molecular weight excluding hydrogens is 320 g/mol. The molecule has 0 saturated heterocycles. The molecule has 3 N–H and O–H groups in total. The standard InChI is InChI=1S/C19H19ClN4/c1-3-13-5-4-6-15(9-13)22-18-11-17(23-19(21)24-18)16-10-14(20)8-7-12(16)2/h4-11H,3H2,1-2H3,(H3,21,22,23,24). The van der Waals surface area contributed by atoms with Gasteiger partial charge in [0.25, 0.3) is 0 Å². The van der Waals surface area contributed by atoms with Gasteiger partial charge in [-0.25, -0.2) is 4.98 Å². The van der Waals surface area contributed by atoms with Crippen LogP contribution >= 0.6 is 11.6 Å². The number of anilines is 3. The molecule has 0 saturated carbocycles. The van der Waals surface area contributed by atoms with E-state index in [1.807, 2.05) is 43.3 Å². The lowest BCUT2D eigenvalue weighted by atomic mass is 10.1. The lowest BCUT2D eigenvalue weighted by molar-refractivity contribution is 1.14. The van der Waals surface area contributed by atoms with Crippen molar-refractivity contribution in [1.29, 1.82) is 0 Å². The van der Waals surface area contributed by atoms with E-state index >= 15 is 0 Å². The van der Waals surface area contributed by atoms with Crippen LogP contribution in [0.3, 0.4) is 0 Å². The lowest BCUT2D eigenvalue weighted by Gasteiger charge is -2.11. The zero-order valence-electron chi connectivity index (χ0n) is 13.7. The first-order chi connectivity index (χ1) is 11.5. The van der Waals surface area contributed by atoms with Crippen molar-refractivity contribution in [3.05, 3.63) is 64.7 Å². The molecule has 0 spiro atoms. The van der Waals surface area contributed by atoms with Crippen molar-refractivity contribution in [3.63, 3.8) is 0 Å². The van der Waals surface area contributed by atoms with Gasteiger partial charge in [0.2, 0.25) is 5.95 Å². The summed E-state index contributed by atoms with van der Waals surface area (Å²) < 4.78 is 0. The number of aryl methyl sites for hydroxylation is 2. The zero-order chi connectivity index (χ0) is 17.1. The van der Waals surface area contributed by atoms with E-state index in [2.05, 4.69) is 34.3 Å². The molecular formula is C19H19ClN4. The minimum Gasteiger partial charge on any atom is -0.368 e. The molecule has 1 aromatic heterocycles. The van der Waals surface area contributed by atoms with E-state index in [1.165, 1.54) is 5.56 Å². The van der Waals surface area contributed by atoms with Crippen molar-refractivity contribution in [2.24, 2.45) is 0 Å². The van der Waals surface area contributed by atoms with Gasteiger partial charge in [-0.1, -0.05) is 36.7 Å². The highest BCUT2D eigenvalue weighted by Crippen LogP contribution is 2.28. The fourth-order valence-electron chi connectivity index (χ4n) is 2.55. The molecule has 5 heteroatoms. The summed E-state index contributed by atoms with van der Waals surface area (Å²) in [5.41, 5.74) is 10.9. The number of nitrogens with one attached hydrogen (secondary N) is 1. The van der Waals surface area contributed by atoms with Gasteiger partial charge < -0.3 is 11.1 Å². The molecule has 0 bridgehead atoms. The third kappa shape index (κ3) is 3.66. The maximum Gasteiger partial charge on any atom is 0.222 e. The molecule has 3 rings (SSSR count). The molecule has 0 amide bonds. The molecule has 122 valence electrons. The van der Waals surface area contributed by atoms with Crippen LogP contribution in [-0.4, -0.2) is 9.97 Å². The maximum atomic E-state index is 6.12. The maximum absolute atomic E-state index is 6.12. The van der Waals surface area contributed by atoms with Crippen LogP contribution in [-0.2, 0) is 6.42 Å². The van der Waals surface area contributed by atoms with E-state index in [9.17, 15) is 0 Å². The fourth-order valence-corrected chi connectivity index (χ4v) is 2.73. The van der Waals surface area contributed by atoms with E-state index in [4.69, 9.17) is 17.3 Å². The summed E-state index contributed by atoms with van der Waals surface area (Å²) in [6, 6.07) is 15.8. The van der Waals surface area contributed by atoms with Crippen LogP contribution in [0.2, 0.25) is 5.02 Å². The number of aromatic nitrogens is 2. The number of halogens is 1. The van der Waals surface area contributed by atoms with Crippen LogP contribution in [0.5, 0.6) is 0 Å². The lowest BCUT2D eigenvalue weighted by Crippen LogP contribution is -2.02. The summed E-state index contributed by atoms with van der Waals surface area (Å²) in [6.45, 7) is 4.14. The highest BCUT2D eigenvalue weighted by atomic mass is 35.5. The third-order valence-corrected chi connectivity index (χ3v) is 4.06. The van der Waals surface area contributed by atoms with Crippen LogP contribution < -0.4 is 11.1 Å². The predicted octanol–water partition coefficient (Wildman–Crippen LogP) is 4.99. The topological polar surface area (TPSA) is 63.8 Å². The van der Waals surface area contributed by atoms with E-state index in [0.29, 0.717) is 10.8 Å². The Labute approximate surface area is 146 Å². The number of nitrogens with two attached hydrogens (primary N) is 1. The minimum atomic E-state index is 0.223. The van der Waals surface area contributed by atoms with Gasteiger partial charge in [0.15, 0.2) is 0 Å². The summed E-state index contributed by atoms with van der Waals surface area (Å²) in [7, 11) is 0. The first kappa shape index (κ1) is 16.3. The van der Waals surface area contributed by atoms with Gasteiger partial charge in [-0.2, -0.15) is 4.98 Å². The van der Waals surface area contributed by atoms with E-state index < -0.39 is 0 Å². The number of nitrogens with zero attached hydrogens (tertiary/aromatic N) is 2. The quantitative estimate of drug-likeness (QED) is 0.703. The molecule has 0 atom stereocenters. The Hall–Kier alpha value is -2.59. The predicted molar refractivity (Wildman–Crippen MR) is 101 cm³/mol. The molecule has 1 heterocycles. The molecule has 0 aliphatic heterocycles. The third-order valence-electron chi connectivity index (χ3n) is 3.83. The molecule has 4 nitrogen and oxygen atoms in total. The molecule has 2 aromatic carbocycles. The van der Waals surface area contributed by atoms with E-state index in [1.54, 1.807) is 0 Å². The van der Waals surface area contributed by atoms with Crippen molar-refractivity contribution in [3.8, 4) is 11.3 Å². The van der Waals surface area contributed by atoms with E-state index in [-0.39, 0.29) is 5.95 Å². The molecule has 0 radical (unpaired) electrons. The van der Waals surface area contributed by atoms with Gasteiger partial charge in [0.05, 0.1) is 5.69 Å². The summed E-state index contributed by atoms with van der Waals surface area (Å²) in [4.78, 5) is 8.63. The van der Waals surface area contributed by atoms with Crippen LogP contribution in [0.15, 0.2) is 48.5 Å². The Kier molecular flexibility index (Phi) is 4.67. The van der Waals surface area contributed by atoms with Crippen LogP contribution in [0.4, 0.5) is 17.5 Å². The highest BCUT2D eigenvalue weighted by Gasteiger charge is 2.09. The van der Waals surface area contributed by atoms with Crippen molar-refractivity contribution >= 4 is 29.1 Å². The van der Waals surface area contributed by atoms with Gasteiger partial charge in [0, 0.05) is 22.3 Å². The second-order valence-corrected chi connectivity index (χ2v) is 6.07. The van der Waals surface area contributed by atoms with Gasteiger partial charge in [-0.05, 0) is 48.7 Å². The minimum absolute atomic E-state index is 0.223. The number of nitrogen functional groups attached to an aromatic ring is 1. The molecule has 24 heavy (non-hydrogen) atoms. The van der Waals surface area contributed by atoms with Gasteiger partial charge >= 0.3 is 0 Å². The molecule has 0 aliphatic carbocycles. The Morgan fingerprint density at radius 2 is 1.92 bits per heavy atom. The van der Waals surface area contributed by atoms with E-state index in [0.717, 1.165) is 28.9 Å². The Morgan fingerprint density at radius 3 is 2.71 bits per heavy atom. The van der Waals surface area contributed by atoms with Crippen LogP contribution in [0.25, 0.3) is 11.3 Å². The van der Waals surface area contributed by atoms with Gasteiger partial charge in [-0.15, -0.1) is 0 Å². The summed E-state index contributed by atoms with van der Waals surface area (Å²) >= 11 is 6.12. The first-order valence-electron chi connectivity index (χ1n) is 7.82. The molecule has 3 aromatic rings. The number of benzene rings is 2. The zero-order valence-corrected chi connectivity index (χ0v) is 14.4. The SMILES string of the molecule is CCc1cccc(Nc2cc(-c3cc(Cl)ccc3C)nc(N)n2)c1. The van der Waals surface area contributed by atoms with Crippen molar-refractivity contribution in [2.75, 3.05) is 11.1 Å². The molecule has 0 unspecified atom stereocenters. The van der Waals surface area contributed by atoms with Crippen LogP contribution in [0, 0.1) is 6.92 Å². The summed E-state index contributed by atoms with van der Waals surface area (Å²) in [5, 5.41) is 3.96. The first-order valence-corrected chi connectivity index (χ1v) is 8.20. The summed E-state index contributed by atoms with van der Waals surface area (Å²) in [5.74, 6) is 0.881. The second kappa shape index (κ2) is 6.89. The number of hydrogen-bond acceptors (Lipinski definition) is 4. The number of hydrogen-bond donors (Lipinski definition) is 2. The monoisotopic (exact) mass is 338 g/mol. The number of rotatable bonds is 4. The smallest absolute Gasteiger partial charge is 0.222 e. The molecule has 0 fully saturated rings. The van der Waals surface area contributed by atoms with Crippen molar-refractivity contribution < 1.29 is 0 Å². The Morgan fingerprint density at radius 1 is 1.08 bits per heavy atom. The highest BCUT2D eigenvalue weighted by molar-refractivity contribution is 6.30. The van der Waals surface area contributed by atoms with Crippen LogP contribution in [0.1, 0.15) is 18.1 Å². The van der Waals surface area contributed by atoms with Gasteiger partial charge in [-0.3, -0.25) is 0 Å². The molecule has 0 aliphatic rings. The summed E-state index contributed by atoms with van der Waals surface area (Å²) in [6.07, 6.45) is 0.981. The van der Waals surface area contributed by atoms with Gasteiger partial charge in [0.1, 0.15) is 5.82 Å². The average Bonchev–Trinajstić information content (AvgIpc) is 2.56. The normalized spacial score (nSPS) is 10.6. The van der Waals surface area contributed by atoms with Crippen molar-refractivity contribution in [1.82, 2.24) is 9.97 Å². The largest absolute Gasteiger partial charge is 0.368 e. The van der Waals surface area contributed by atoms with Crippen molar-refractivity contribution in [2.45, 2.75) is 20.3 Å².